The van der Waals surface area contributed by atoms with Crippen LogP contribution in [0.3, 0.4) is 0 Å². The van der Waals surface area contributed by atoms with E-state index in [0.29, 0.717) is 24.1 Å². The number of nitrogens with one attached hydrogen (secondary N) is 1. The van der Waals surface area contributed by atoms with Gasteiger partial charge in [0.05, 0.1) is 5.75 Å². The fraction of sp³-hybridized carbons (Fsp3) is 0.867. The van der Waals surface area contributed by atoms with E-state index < -0.39 is 11.7 Å². The molecule has 1 unspecified atom stereocenters. The average molecular weight is 316 g/mol. The van der Waals surface area contributed by atoms with Gasteiger partial charge >= 0.3 is 6.09 Å². The summed E-state index contributed by atoms with van der Waals surface area (Å²) >= 11 is 1.56. The zero-order chi connectivity index (χ0) is 15.9. The smallest absolute Gasteiger partial charge is 0.407 e. The average Bonchev–Trinajstić information content (AvgIpc) is 2.36. The van der Waals surface area contributed by atoms with Crippen molar-refractivity contribution in [3.05, 3.63) is 0 Å². The van der Waals surface area contributed by atoms with E-state index in [1.165, 1.54) is 6.42 Å². The zero-order valence-electron chi connectivity index (χ0n) is 13.6. The lowest BCUT2D eigenvalue weighted by Gasteiger charge is -2.33. The van der Waals surface area contributed by atoms with Gasteiger partial charge in [-0.05, 0) is 47.0 Å². The van der Waals surface area contributed by atoms with Crippen molar-refractivity contribution in [1.29, 1.82) is 0 Å². The predicted molar refractivity (Wildman–Crippen MR) is 86.6 cm³/mol. The number of alkyl carbamates (subject to hydrolysis) is 1. The monoisotopic (exact) mass is 316 g/mol. The number of carbonyl (C=O) groups is 2. The molecule has 1 aliphatic heterocycles. The van der Waals surface area contributed by atoms with Crippen molar-refractivity contribution < 1.29 is 14.3 Å². The summed E-state index contributed by atoms with van der Waals surface area (Å²) in [6.07, 6.45) is 3.04. The molecule has 1 atom stereocenters. The van der Waals surface area contributed by atoms with Crippen molar-refractivity contribution in [3.63, 3.8) is 0 Å². The zero-order valence-corrected chi connectivity index (χ0v) is 14.4. The molecule has 0 spiro atoms. The predicted octanol–water partition coefficient (Wildman–Crippen LogP) is 2.65. The molecule has 1 heterocycles. The van der Waals surface area contributed by atoms with E-state index in [0.717, 1.165) is 19.4 Å². The van der Waals surface area contributed by atoms with Gasteiger partial charge in [0.2, 0.25) is 5.91 Å². The molecule has 0 saturated carbocycles. The highest BCUT2D eigenvalue weighted by atomic mass is 32.2. The van der Waals surface area contributed by atoms with Gasteiger partial charge in [-0.2, -0.15) is 11.8 Å². The number of nitrogens with zero attached hydrogens (tertiary/aromatic N) is 1. The van der Waals surface area contributed by atoms with Crippen LogP contribution < -0.4 is 5.32 Å². The lowest BCUT2D eigenvalue weighted by atomic mass is 10.0. The second-order valence-electron chi connectivity index (χ2n) is 6.41. The third-order valence-electron chi connectivity index (χ3n) is 3.26. The molecule has 1 rings (SSSR count). The van der Waals surface area contributed by atoms with Crippen LogP contribution in [0.5, 0.6) is 0 Å². The fourth-order valence-electron chi connectivity index (χ4n) is 2.25. The van der Waals surface area contributed by atoms with Crippen LogP contribution in [0.2, 0.25) is 0 Å². The first-order valence-electron chi connectivity index (χ1n) is 7.63. The van der Waals surface area contributed by atoms with Crippen molar-refractivity contribution in [3.8, 4) is 0 Å². The molecule has 0 aromatic carbocycles. The van der Waals surface area contributed by atoms with Crippen molar-refractivity contribution in [2.75, 3.05) is 24.6 Å². The van der Waals surface area contributed by atoms with Crippen LogP contribution in [0.15, 0.2) is 0 Å². The van der Waals surface area contributed by atoms with Gasteiger partial charge in [0.1, 0.15) is 5.60 Å². The van der Waals surface area contributed by atoms with E-state index in [-0.39, 0.29) is 5.91 Å². The number of carbonyl (C=O) groups excluding carboxylic acids is 2. The minimum atomic E-state index is -0.475. The molecular weight excluding hydrogens is 288 g/mol. The quantitative estimate of drug-likeness (QED) is 0.792. The maximum absolute atomic E-state index is 12.1. The Balaban J connectivity index is 2.11. The second-order valence-corrected chi connectivity index (χ2v) is 7.52. The van der Waals surface area contributed by atoms with Gasteiger partial charge in [-0.1, -0.05) is 0 Å². The van der Waals surface area contributed by atoms with Crippen LogP contribution in [0.4, 0.5) is 4.79 Å². The SMILES string of the molecule is CC1CCCCN1C(=O)CSCCNC(=O)OC(C)(C)C. The molecular formula is C15H28N2O3S. The molecule has 1 saturated heterocycles. The topological polar surface area (TPSA) is 58.6 Å². The Morgan fingerprint density at radius 1 is 1.33 bits per heavy atom. The molecule has 21 heavy (non-hydrogen) atoms. The summed E-state index contributed by atoms with van der Waals surface area (Å²) in [4.78, 5) is 25.5. The summed E-state index contributed by atoms with van der Waals surface area (Å²) in [7, 11) is 0. The first-order valence-corrected chi connectivity index (χ1v) is 8.79. The van der Waals surface area contributed by atoms with Gasteiger partial charge in [-0.3, -0.25) is 4.79 Å². The third-order valence-corrected chi connectivity index (χ3v) is 4.21. The molecule has 1 aliphatic rings. The largest absolute Gasteiger partial charge is 0.444 e. The van der Waals surface area contributed by atoms with E-state index in [1.807, 2.05) is 25.7 Å². The summed E-state index contributed by atoms with van der Waals surface area (Å²) in [5.41, 5.74) is -0.475. The maximum atomic E-state index is 12.1. The van der Waals surface area contributed by atoms with Crippen LogP contribution in [0.1, 0.15) is 47.0 Å². The molecule has 0 aromatic rings. The van der Waals surface area contributed by atoms with Gasteiger partial charge in [0.25, 0.3) is 0 Å². The molecule has 2 amide bonds. The molecule has 6 heteroatoms. The van der Waals surface area contributed by atoms with E-state index in [9.17, 15) is 9.59 Å². The Labute approximate surface area is 132 Å². The summed E-state index contributed by atoms with van der Waals surface area (Å²) in [6.45, 7) is 9.02. The number of rotatable bonds is 5. The van der Waals surface area contributed by atoms with E-state index in [1.54, 1.807) is 11.8 Å². The molecule has 0 aromatic heterocycles. The van der Waals surface area contributed by atoms with Gasteiger partial charge in [-0.15, -0.1) is 0 Å². The van der Waals surface area contributed by atoms with E-state index in [4.69, 9.17) is 4.74 Å². The van der Waals surface area contributed by atoms with Crippen LogP contribution >= 0.6 is 11.8 Å². The standard InChI is InChI=1S/C15H28N2O3S/c1-12-7-5-6-9-17(12)13(18)11-21-10-8-16-14(19)20-15(2,3)4/h12H,5-11H2,1-4H3,(H,16,19). The van der Waals surface area contributed by atoms with Crippen LogP contribution in [0.25, 0.3) is 0 Å². The van der Waals surface area contributed by atoms with Gasteiger partial charge in [-0.25, -0.2) is 4.79 Å². The second kappa shape index (κ2) is 8.51. The number of ether oxygens (including phenoxy) is 1. The Hall–Kier alpha value is -0.910. The van der Waals surface area contributed by atoms with Crippen molar-refractivity contribution in [2.45, 2.75) is 58.6 Å². The molecule has 0 radical (unpaired) electrons. The summed E-state index contributed by atoms with van der Waals surface area (Å²) in [6, 6.07) is 0.367. The lowest BCUT2D eigenvalue weighted by Crippen LogP contribution is -2.43. The van der Waals surface area contributed by atoms with Gasteiger partial charge in [0.15, 0.2) is 0 Å². The molecule has 1 N–H and O–H groups in total. The summed E-state index contributed by atoms with van der Waals surface area (Å²) in [5, 5.41) is 2.69. The Morgan fingerprint density at radius 2 is 2.05 bits per heavy atom. The number of piperidine rings is 1. The first-order chi connectivity index (χ1) is 9.79. The highest BCUT2D eigenvalue weighted by molar-refractivity contribution is 7.99. The number of hydrogen-bond acceptors (Lipinski definition) is 4. The first kappa shape index (κ1) is 18.1. The van der Waals surface area contributed by atoms with Crippen LogP contribution in [-0.4, -0.2) is 53.1 Å². The Morgan fingerprint density at radius 3 is 2.67 bits per heavy atom. The number of amides is 2. The molecule has 5 nitrogen and oxygen atoms in total. The minimum absolute atomic E-state index is 0.212. The minimum Gasteiger partial charge on any atom is -0.444 e. The van der Waals surface area contributed by atoms with Gasteiger partial charge in [0, 0.05) is 24.9 Å². The fourth-order valence-corrected chi connectivity index (χ4v) is 2.98. The summed E-state index contributed by atoms with van der Waals surface area (Å²) in [5.74, 6) is 1.41. The number of thioether (sulfide) groups is 1. The summed E-state index contributed by atoms with van der Waals surface area (Å²) < 4.78 is 5.14. The van der Waals surface area contributed by atoms with Crippen molar-refractivity contribution >= 4 is 23.8 Å². The van der Waals surface area contributed by atoms with Crippen LogP contribution in [0, 0.1) is 0 Å². The lowest BCUT2D eigenvalue weighted by molar-refractivity contribution is -0.131. The number of likely N-dealkylation sites (tertiary alicyclic amines) is 1. The van der Waals surface area contributed by atoms with E-state index >= 15 is 0 Å². The van der Waals surface area contributed by atoms with Crippen molar-refractivity contribution in [1.82, 2.24) is 10.2 Å². The third kappa shape index (κ3) is 7.60. The highest BCUT2D eigenvalue weighted by Crippen LogP contribution is 2.17. The Bertz CT molecular complexity index is 355. The normalized spacial score (nSPS) is 19.2. The van der Waals surface area contributed by atoms with Gasteiger partial charge < -0.3 is 15.0 Å². The number of hydrogen-bond donors (Lipinski definition) is 1. The maximum Gasteiger partial charge on any atom is 0.407 e. The van der Waals surface area contributed by atoms with Crippen molar-refractivity contribution in [2.24, 2.45) is 0 Å². The molecule has 1 fully saturated rings. The highest BCUT2D eigenvalue weighted by Gasteiger charge is 2.22. The molecule has 122 valence electrons. The van der Waals surface area contributed by atoms with Crippen LogP contribution in [-0.2, 0) is 9.53 Å². The Kier molecular flexibility index (Phi) is 7.35. The van der Waals surface area contributed by atoms with E-state index in [2.05, 4.69) is 12.2 Å². The molecule has 0 bridgehead atoms. The molecule has 0 aliphatic carbocycles.